The van der Waals surface area contributed by atoms with E-state index in [2.05, 4.69) is 40.2 Å². The Kier molecular flexibility index (Phi) is 4.34. The quantitative estimate of drug-likeness (QED) is 0.917. The number of aromatic nitrogens is 3. The fraction of sp³-hybridized carbons (Fsp3) is 0.529. The summed E-state index contributed by atoms with van der Waals surface area (Å²) in [5, 5.41) is 8.14. The largest absolute Gasteiger partial charge is 0.311 e. The second-order valence-electron chi connectivity index (χ2n) is 6.03. The zero-order valence-corrected chi connectivity index (χ0v) is 12.9. The lowest BCUT2D eigenvalue weighted by molar-refractivity contribution is 0.458. The zero-order chi connectivity index (χ0) is 14.7. The summed E-state index contributed by atoms with van der Waals surface area (Å²) in [6.45, 7) is 2.10. The molecule has 2 heterocycles. The van der Waals surface area contributed by atoms with E-state index in [1.165, 1.54) is 31.2 Å². The van der Waals surface area contributed by atoms with E-state index in [1.807, 2.05) is 19.3 Å². The van der Waals surface area contributed by atoms with Crippen LogP contribution < -0.4 is 5.32 Å². The Hall–Kier alpha value is -1.68. The maximum absolute atomic E-state index is 4.78. The molecule has 21 heavy (non-hydrogen) atoms. The summed E-state index contributed by atoms with van der Waals surface area (Å²) in [7, 11) is 1.99. The van der Waals surface area contributed by atoms with Gasteiger partial charge in [0.25, 0.3) is 0 Å². The molecule has 4 heteroatoms. The van der Waals surface area contributed by atoms with Gasteiger partial charge in [0.05, 0.1) is 23.5 Å². The standard InChI is InChI=1S/C17H24N4/c1-13-7-9-19-17(11-13)16(18-2)12-14-8-10-21(20-14)15-5-3-4-6-15/h7-11,15-16,18H,3-6,12H2,1-2H3. The number of nitrogens with zero attached hydrogens (tertiary/aromatic N) is 3. The van der Waals surface area contributed by atoms with E-state index in [1.54, 1.807) is 0 Å². The van der Waals surface area contributed by atoms with E-state index in [4.69, 9.17) is 5.10 Å². The summed E-state index contributed by atoms with van der Waals surface area (Å²) < 4.78 is 2.17. The highest BCUT2D eigenvalue weighted by Crippen LogP contribution is 2.29. The van der Waals surface area contributed by atoms with Gasteiger partial charge in [-0.2, -0.15) is 5.10 Å². The van der Waals surface area contributed by atoms with Crippen molar-refractivity contribution in [2.45, 2.75) is 51.1 Å². The van der Waals surface area contributed by atoms with Crippen molar-refractivity contribution in [1.82, 2.24) is 20.1 Å². The fourth-order valence-electron chi connectivity index (χ4n) is 3.17. The molecule has 1 aliphatic rings. The van der Waals surface area contributed by atoms with Crippen LogP contribution in [0.25, 0.3) is 0 Å². The predicted octanol–water partition coefficient (Wildman–Crippen LogP) is 3.20. The summed E-state index contributed by atoms with van der Waals surface area (Å²) in [6, 6.07) is 7.17. The summed E-state index contributed by atoms with van der Waals surface area (Å²) in [5.41, 5.74) is 3.48. The molecular weight excluding hydrogens is 260 g/mol. The van der Waals surface area contributed by atoms with E-state index in [0.29, 0.717) is 6.04 Å². The lowest BCUT2D eigenvalue weighted by atomic mass is 10.1. The molecule has 3 rings (SSSR count). The van der Waals surface area contributed by atoms with Gasteiger partial charge < -0.3 is 5.32 Å². The lowest BCUT2D eigenvalue weighted by Crippen LogP contribution is -2.20. The van der Waals surface area contributed by atoms with Crippen molar-refractivity contribution < 1.29 is 0 Å². The molecule has 1 aliphatic carbocycles. The molecule has 0 radical (unpaired) electrons. The maximum Gasteiger partial charge on any atom is 0.0644 e. The van der Waals surface area contributed by atoms with Crippen LogP contribution in [0.15, 0.2) is 30.6 Å². The van der Waals surface area contributed by atoms with Crippen LogP contribution in [0.4, 0.5) is 0 Å². The van der Waals surface area contributed by atoms with Crippen LogP contribution in [0.1, 0.15) is 54.7 Å². The van der Waals surface area contributed by atoms with Crippen molar-refractivity contribution in [2.24, 2.45) is 0 Å². The van der Waals surface area contributed by atoms with Gasteiger partial charge in [-0.1, -0.05) is 12.8 Å². The Bertz CT molecular complexity index is 584. The van der Waals surface area contributed by atoms with Crippen LogP contribution in [0.5, 0.6) is 0 Å². The number of hydrogen-bond donors (Lipinski definition) is 1. The molecule has 0 bridgehead atoms. The second kappa shape index (κ2) is 6.39. The van der Waals surface area contributed by atoms with Gasteiger partial charge in [0, 0.05) is 18.8 Å². The smallest absolute Gasteiger partial charge is 0.0644 e. The fourth-order valence-corrected chi connectivity index (χ4v) is 3.17. The number of hydrogen-bond acceptors (Lipinski definition) is 3. The maximum atomic E-state index is 4.78. The average molecular weight is 284 g/mol. The molecule has 0 amide bonds. The number of nitrogens with one attached hydrogen (secondary N) is 1. The molecule has 1 N–H and O–H groups in total. The first kappa shape index (κ1) is 14.3. The van der Waals surface area contributed by atoms with Gasteiger partial charge in [0.15, 0.2) is 0 Å². The van der Waals surface area contributed by atoms with Crippen molar-refractivity contribution in [1.29, 1.82) is 0 Å². The average Bonchev–Trinajstić information content (AvgIpc) is 3.15. The van der Waals surface area contributed by atoms with Crippen LogP contribution in [-0.2, 0) is 6.42 Å². The Balaban J connectivity index is 1.72. The third-order valence-corrected chi connectivity index (χ3v) is 4.42. The van der Waals surface area contributed by atoms with E-state index < -0.39 is 0 Å². The molecule has 2 aromatic heterocycles. The van der Waals surface area contributed by atoms with Gasteiger partial charge in [-0.25, -0.2) is 0 Å². The summed E-state index contributed by atoms with van der Waals surface area (Å²) in [6.07, 6.45) is 10.1. The molecule has 0 aliphatic heterocycles. The third kappa shape index (κ3) is 3.32. The molecule has 0 saturated heterocycles. The van der Waals surface area contributed by atoms with Gasteiger partial charge in [0.1, 0.15) is 0 Å². The van der Waals surface area contributed by atoms with Crippen molar-refractivity contribution >= 4 is 0 Å². The Morgan fingerprint density at radius 1 is 1.33 bits per heavy atom. The van der Waals surface area contributed by atoms with E-state index in [0.717, 1.165) is 17.8 Å². The van der Waals surface area contributed by atoms with Crippen LogP contribution in [-0.4, -0.2) is 21.8 Å². The van der Waals surface area contributed by atoms with Gasteiger partial charge in [-0.3, -0.25) is 9.67 Å². The van der Waals surface area contributed by atoms with Gasteiger partial charge in [-0.05, 0) is 50.6 Å². The number of pyridine rings is 1. The molecular formula is C17H24N4. The monoisotopic (exact) mass is 284 g/mol. The second-order valence-corrected chi connectivity index (χ2v) is 6.03. The Labute approximate surface area is 126 Å². The van der Waals surface area contributed by atoms with Crippen molar-refractivity contribution in [3.63, 3.8) is 0 Å². The Morgan fingerprint density at radius 2 is 2.14 bits per heavy atom. The first-order valence-electron chi connectivity index (χ1n) is 7.90. The number of likely N-dealkylation sites (N-methyl/N-ethyl adjacent to an activating group) is 1. The van der Waals surface area contributed by atoms with Crippen LogP contribution in [0.2, 0.25) is 0 Å². The lowest BCUT2D eigenvalue weighted by Gasteiger charge is -2.15. The Morgan fingerprint density at radius 3 is 2.86 bits per heavy atom. The minimum absolute atomic E-state index is 0.219. The van der Waals surface area contributed by atoms with E-state index in [9.17, 15) is 0 Å². The first-order chi connectivity index (χ1) is 10.3. The molecule has 0 aromatic carbocycles. The highest BCUT2D eigenvalue weighted by atomic mass is 15.3. The third-order valence-electron chi connectivity index (χ3n) is 4.42. The molecule has 1 fully saturated rings. The van der Waals surface area contributed by atoms with E-state index in [-0.39, 0.29) is 6.04 Å². The molecule has 1 unspecified atom stereocenters. The van der Waals surface area contributed by atoms with Gasteiger partial charge >= 0.3 is 0 Å². The summed E-state index contributed by atoms with van der Waals surface area (Å²) in [4.78, 5) is 4.49. The van der Waals surface area contributed by atoms with Crippen LogP contribution >= 0.6 is 0 Å². The van der Waals surface area contributed by atoms with Gasteiger partial charge in [-0.15, -0.1) is 0 Å². The SMILES string of the molecule is CNC(Cc1ccn(C2CCCC2)n1)c1cc(C)ccn1. The molecule has 1 atom stereocenters. The predicted molar refractivity (Wildman–Crippen MR) is 84.2 cm³/mol. The zero-order valence-electron chi connectivity index (χ0n) is 12.9. The molecule has 2 aromatic rings. The van der Waals surface area contributed by atoms with Crippen molar-refractivity contribution in [3.05, 3.63) is 47.5 Å². The number of rotatable bonds is 5. The molecule has 112 valence electrons. The highest BCUT2D eigenvalue weighted by molar-refractivity contribution is 5.19. The molecule has 0 spiro atoms. The first-order valence-corrected chi connectivity index (χ1v) is 7.90. The van der Waals surface area contributed by atoms with Crippen LogP contribution in [0, 0.1) is 6.92 Å². The highest BCUT2D eigenvalue weighted by Gasteiger charge is 2.19. The normalized spacial score (nSPS) is 17.2. The van der Waals surface area contributed by atoms with Crippen molar-refractivity contribution in [3.8, 4) is 0 Å². The van der Waals surface area contributed by atoms with E-state index >= 15 is 0 Å². The number of aryl methyl sites for hydroxylation is 1. The van der Waals surface area contributed by atoms with Gasteiger partial charge in [0.2, 0.25) is 0 Å². The molecule has 1 saturated carbocycles. The summed E-state index contributed by atoms with van der Waals surface area (Å²) >= 11 is 0. The summed E-state index contributed by atoms with van der Waals surface area (Å²) in [5.74, 6) is 0. The topological polar surface area (TPSA) is 42.7 Å². The van der Waals surface area contributed by atoms with Crippen LogP contribution in [0.3, 0.4) is 0 Å². The van der Waals surface area contributed by atoms with Crippen molar-refractivity contribution in [2.75, 3.05) is 7.05 Å². The minimum atomic E-state index is 0.219. The minimum Gasteiger partial charge on any atom is -0.311 e. The molecule has 4 nitrogen and oxygen atoms in total.